The van der Waals surface area contributed by atoms with Crippen LogP contribution in [0.2, 0.25) is 0 Å². The van der Waals surface area contributed by atoms with Crippen molar-refractivity contribution in [3.63, 3.8) is 0 Å². The molecule has 0 saturated carbocycles. The lowest BCUT2D eigenvalue weighted by Gasteiger charge is -2.25. The maximum atomic E-state index is 12.1. The summed E-state index contributed by atoms with van der Waals surface area (Å²) in [6, 6.07) is 17.0. The number of hydrogen-bond acceptors (Lipinski definition) is 7. The predicted octanol–water partition coefficient (Wildman–Crippen LogP) is 2.61. The van der Waals surface area contributed by atoms with Gasteiger partial charge in [-0.05, 0) is 24.3 Å². The standard InChI is InChI=1S/C21H22N4O4S/c1-25-20(18-13-28-16-9-5-6-10-17(16)29-18)23-24-21(25)30-14-19(26)22-11-12-27-15-7-3-2-4-8-15/h2-10,18H,11-14H2,1H3,(H,22,26). The number of para-hydroxylation sites is 3. The number of ether oxygens (including phenoxy) is 3. The van der Waals surface area contributed by atoms with Crippen molar-refractivity contribution < 1.29 is 19.0 Å². The molecule has 3 aromatic rings. The molecule has 0 aliphatic carbocycles. The van der Waals surface area contributed by atoms with Crippen LogP contribution in [-0.4, -0.2) is 46.2 Å². The lowest BCUT2D eigenvalue weighted by molar-refractivity contribution is -0.118. The third-order valence-corrected chi connectivity index (χ3v) is 5.45. The summed E-state index contributed by atoms with van der Waals surface area (Å²) in [6.07, 6.45) is -0.351. The number of nitrogens with zero attached hydrogens (tertiary/aromatic N) is 3. The predicted molar refractivity (Wildman–Crippen MR) is 112 cm³/mol. The van der Waals surface area contributed by atoms with E-state index in [1.54, 1.807) is 0 Å². The molecule has 1 aliphatic rings. The van der Waals surface area contributed by atoms with Crippen LogP contribution in [0.1, 0.15) is 11.9 Å². The molecule has 0 radical (unpaired) electrons. The molecule has 156 valence electrons. The first-order valence-corrected chi connectivity index (χ1v) is 10.5. The van der Waals surface area contributed by atoms with E-state index in [4.69, 9.17) is 14.2 Å². The third kappa shape index (κ3) is 4.85. The number of aromatic nitrogens is 3. The smallest absolute Gasteiger partial charge is 0.230 e. The largest absolute Gasteiger partial charge is 0.492 e. The molecule has 1 amide bonds. The van der Waals surface area contributed by atoms with Crippen LogP contribution in [0.5, 0.6) is 17.2 Å². The van der Waals surface area contributed by atoms with Crippen molar-refractivity contribution in [2.75, 3.05) is 25.5 Å². The van der Waals surface area contributed by atoms with Crippen molar-refractivity contribution in [2.45, 2.75) is 11.3 Å². The highest BCUT2D eigenvalue weighted by molar-refractivity contribution is 7.99. The second-order valence-electron chi connectivity index (χ2n) is 6.56. The molecule has 1 unspecified atom stereocenters. The Bertz CT molecular complexity index is 996. The van der Waals surface area contributed by atoms with E-state index in [0.717, 1.165) is 11.5 Å². The van der Waals surface area contributed by atoms with Gasteiger partial charge in [-0.1, -0.05) is 42.1 Å². The minimum atomic E-state index is -0.351. The van der Waals surface area contributed by atoms with Crippen molar-refractivity contribution in [1.29, 1.82) is 0 Å². The van der Waals surface area contributed by atoms with Gasteiger partial charge in [0.15, 0.2) is 28.6 Å². The average Bonchev–Trinajstić information content (AvgIpc) is 3.16. The molecule has 0 spiro atoms. The van der Waals surface area contributed by atoms with Crippen molar-refractivity contribution in [1.82, 2.24) is 20.1 Å². The maximum Gasteiger partial charge on any atom is 0.230 e. The first-order chi connectivity index (χ1) is 14.7. The number of fused-ring (bicyclic) bond motifs is 1. The molecular formula is C21H22N4O4S. The average molecular weight is 426 g/mol. The first kappa shape index (κ1) is 20.1. The van der Waals surface area contributed by atoms with E-state index in [-0.39, 0.29) is 17.8 Å². The summed E-state index contributed by atoms with van der Waals surface area (Å²) in [7, 11) is 1.85. The number of benzene rings is 2. The van der Waals surface area contributed by atoms with Gasteiger partial charge in [0.1, 0.15) is 19.0 Å². The summed E-state index contributed by atoms with van der Waals surface area (Å²) in [4.78, 5) is 12.1. The van der Waals surface area contributed by atoms with Crippen LogP contribution in [0.25, 0.3) is 0 Å². The first-order valence-electron chi connectivity index (χ1n) is 9.56. The lowest BCUT2D eigenvalue weighted by Crippen LogP contribution is -2.29. The molecule has 1 N–H and O–H groups in total. The Morgan fingerprint density at radius 2 is 1.93 bits per heavy atom. The zero-order chi connectivity index (χ0) is 20.8. The summed E-state index contributed by atoms with van der Waals surface area (Å²) < 4.78 is 19.1. The van der Waals surface area contributed by atoms with E-state index >= 15 is 0 Å². The topological polar surface area (TPSA) is 87.5 Å². The minimum absolute atomic E-state index is 0.0904. The van der Waals surface area contributed by atoms with Gasteiger partial charge in [0, 0.05) is 7.05 Å². The second-order valence-corrected chi connectivity index (χ2v) is 7.51. The quantitative estimate of drug-likeness (QED) is 0.438. The maximum absolute atomic E-state index is 12.1. The van der Waals surface area contributed by atoms with Gasteiger partial charge in [0.05, 0.1) is 12.3 Å². The van der Waals surface area contributed by atoms with Crippen LogP contribution in [0.4, 0.5) is 0 Å². The van der Waals surface area contributed by atoms with Gasteiger partial charge in [0.25, 0.3) is 0 Å². The Morgan fingerprint density at radius 3 is 2.77 bits per heavy atom. The normalized spacial score (nSPS) is 14.9. The fourth-order valence-electron chi connectivity index (χ4n) is 2.94. The van der Waals surface area contributed by atoms with Crippen LogP contribution in [0, 0.1) is 0 Å². The zero-order valence-corrected chi connectivity index (χ0v) is 17.3. The highest BCUT2D eigenvalue weighted by atomic mass is 32.2. The van der Waals surface area contributed by atoms with E-state index in [2.05, 4.69) is 15.5 Å². The number of rotatable bonds is 8. The van der Waals surface area contributed by atoms with Crippen molar-refractivity contribution in [3.8, 4) is 17.2 Å². The van der Waals surface area contributed by atoms with Gasteiger partial charge in [-0.15, -0.1) is 10.2 Å². The Morgan fingerprint density at radius 1 is 1.17 bits per heavy atom. The van der Waals surface area contributed by atoms with Crippen LogP contribution < -0.4 is 19.5 Å². The van der Waals surface area contributed by atoms with Crippen LogP contribution in [-0.2, 0) is 11.8 Å². The molecule has 1 aromatic heterocycles. The van der Waals surface area contributed by atoms with E-state index in [9.17, 15) is 4.79 Å². The Labute approximate surface area is 178 Å². The number of hydrogen-bond donors (Lipinski definition) is 1. The summed E-state index contributed by atoms with van der Waals surface area (Å²) in [5, 5.41) is 11.9. The lowest BCUT2D eigenvalue weighted by atomic mass is 10.2. The number of thioether (sulfide) groups is 1. The summed E-state index contributed by atoms with van der Waals surface area (Å²) in [6.45, 7) is 1.20. The highest BCUT2D eigenvalue weighted by Crippen LogP contribution is 2.35. The molecule has 0 fully saturated rings. The van der Waals surface area contributed by atoms with Gasteiger partial charge in [-0.3, -0.25) is 4.79 Å². The fraction of sp³-hybridized carbons (Fsp3) is 0.286. The molecule has 1 aliphatic heterocycles. The van der Waals surface area contributed by atoms with Gasteiger partial charge < -0.3 is 24.1 Å². The molecule has 0 bridgehead atoms. The summed E-state index contributed by atoms with van der Waals surface area (Å²) in [5.41, 5.74) is 0. The SMILES string of the molecule is Cn1c(SCC(=O)NCCOc2ccccc2)nnc1C1COc2ccccc2O1. The van der Waals surface area contributed by atoms with Crippen LogP contribution in [0.3, 0.4) is 0 Å². The molecule has 0 saturated heterocycles. The van der Waals surface area contributed by atoms with Gasteiger partial charge in [-0.25, -0.2) is 0 Å². The van der Waals surface area contributed by atoms with Crippen molar-refractivity contribution >= 4 is 17.7 Å². The molecule has 8 nitrogen and oxygen atoms in total. The Hall–Kier alpha value is -3.20. The van der Waals surface area contributed by atoms with E-state index in [1.807, 2.05) is 66.2 Å². The Balaban J connectivity index is 1.24. The monoisotopic (exact) mass is 426 g/mol. The zero-order valence-electron chi connectivity index (χ0n) is 16.5. The number of nitrogens with one attached hydrogen (secondary N) is 1. The molecule has 2 heterocycles. The number of amides is 1. The fourth-order valence-corrected chi connectivity index (χ4v) is 3.68. The van der Waals surface area contributed by atoms with E-state index < -0.39 is 0 Å². The van der Waals surface area contributed by atoms with E-state index in [0.29, 0.717) is 36.5 Å². The molecular weight excluding hydrogens is 404 g/mol. The van der Waals surface area contributed by atoms with Gasteiger partial charge >= 0.3 is 0 Å². The molecule has 4 rings (SSSR count). The summed E-state index contributed by atoms with van der Waals surface area (Å²) in [5.74, 6) is 2.99. The second kappa shape index (κ2) is 9.53. The van der Waals surface area contributed by atoms with Crippen molar-refractivity contribution in [2.24, 2.45) is 7.05 Å². The minimum Gasteiger partial charge on any atom is -0.492 e. The van der Waals surface area contributed by atoms with E-state index in [1.165, 1.54) is 11.8 Å². The molecule has 9 heteroatoms. The van der Waals surface area contributed by atoms with Crippen LogP contribution in [0.15, 0.2) is 59.8 Å². The highest BCUT2D eigenvalue weighted by Gasteiger charge is 2.27. The van der Waals surface area contributed by atoms with Crippen LogP contribution >= 0.6 is 11.8 Å². The Kier molecular flexibility index (Phi) is 6.38. The number of carbonyl (C=O) groups excluding carboxylic acids is 1. The third-order valence-electron chi connectivity index (χ3n) is 4.43. The summed E-state index contributed by atoms with van der Waals surface area (Å²) >= 11 is 1.32. The number of carbonyl (C=O) groups is 1. The molecule has 1 atom stereocenters. The van der Waals surface area contributed by atoms with Gasteiger partial charge in [-0.2, -0.15) is 0 Å². The van der Waals surface area contributed by atoms with Crippen molar-refractivity contribution in [3.05, 3.63) is 60.4 Å². The van der Waals surface area contributed by atoms with Gasteiger partial charge in [0.2, 0.25) is 5.91 Å². The molecule has 2 aromatic carbocycles. The molecule has 30 heavy (non-hydrogen) atoms.